The van der Waals surface area contributed by atoms with Crippen molar-refractivity contribution in [2.45, 2.75) is 13.3 Å². The Kier molecular flexibility index (Phi) is 5.32. The lowest BCUT2D eigenvalue weighted by Gasteiger charge is -2.13. The molecule has 4 heteroatoms. The molecule has 0 spiro atoms. The summed E-state index contributed by atoms with van der Waals surface area (Å²) in [5.74, 6) is 0.860. The van der Waals surface area contributed by atoms with Crippen molar-refractivity contribution in [3.8, 4) is 5.75 Å². The maximum atomic E-state index is 10.8. The van der Waals surface area contributed by atoms with E-state index in [1.54, 1.807) is 24.3 Å². The van der Waals surface area contributed by atoms with Crippen LogP contribution < -0.4 is 10.5 Å². The number of carbonyl (C=O) groups is 1. The largest absolute Gasteiger partial charge is 0.493 e. The van der Waals surface area contributed by atoms with E-state index in [9.17, 15) is 4.79 Å². The predicted octanol–water partition coefficient (Wildman–Crippen LogP) is 2.59. The number of ether oxygens (including phenoxy) is 1. The second-order valence-corrected chi connectivity index (χ2v) is 4.28. The number of rotatable bonds is 6. The molecule has 0 aromatic heterocycles. The number of carbonyl (C=O) groups excluding carboxylic acids is 1. The molecule has 3 nitrogen and oxygen atoms in total. The van der Waals surface area contributed by atoms with Crippen molar-refractivity contribution >= 4 is 21.8 Å². The Morgan fingerprint density at radius 3 is 2.50 bits per heavy atom. The van der Waals surface area contributed by atoms with Crippen LogP contribution in [0.3, 0.4) is 0 Å². The molecule has 88 valence electrons. The summed E-state index contributed by atoms with van der Waals surface area (Å²) in [6.07, 6.45) is 1.07. The van der Waals surface area contributed by atoms with Gasteiger partial charge in [-0.25, -0.2) is 0 Å². The average molecular weight is 286 g/mol. The molecule has 0 bridgehead atoms. The summed E-state index contributed by atoms with van der Waals surface area (Å²) in [7, 11) is 0. The van der Waals surface area contributed by atoms with Gasteiger partial charge in [0.15, 0.2) is 0 Å². The highest BCUT2D eigenvalue weighted by Crippen LogP contribution is 2.14. The maximum Gasteiger partial charge on any atom is 0.248 e. The molecule has 1 unspecified atom stereocenters. The molecular weight excluding hydrogens is 270 g/mol. The first-order valence-corrected chi connectivity index (χ1v) is 6.38. The lowest BCUT2D eigenvalue weighted by molar-refractivity contribution is 0.100. The smallest absolute Gasteiger partial charge is 0.248 e. The van der Waals surface area contributed by atoms with Crippen LogP contribution in [-0.4, -0.2) is 17.8 Å². The third kappa shape index (κ3) is 3.85. The fourth-order valence-electron chi connectivity index (χ4n) is 1.20. The molecule has 1 rings (SSSR count). The van der Waals surface area contributed by atoms with Crippen LogP contribution in [0, 0.1) is 5.92 Å². The van der Waals surface area contributed by atoms with Crippen molar-refractivity contribution in [3.63, 3.8) is 0 Å². The van der Waals surface area contributed by atoms with Gasteiger partial charge in [0.2, 0.25) is 5.91 Å². The summed E-state index contributed by atoms with van der Waals surface area (Å²) in [5, 5.41) is 0.933. The van der Waals surface area contributed by atoms with Crippen LogP contribution in [0.1, 0.15) is 23.7 Å². The van der Waals surface area contributed by atoms with Crippen LogP contribution in [0.4, 0.5) is 0 Å². The Morgan fingerprint density at radius 2 is 2.06 bits per heavy atom. The third-order valence-corrected chi connectivity index (χ3v) is 3.34. The molecule has 0 radical (unpaired) electrons. The fraction of sp³-hybridized carbons (Fsp3) is 0.417. The summed E-state index contributed by atoms with van der Waals surface area (Å²) >= 11 is 3.44. The summed E-state index contributed by atoms with van der Waals surface area (Å²) in [5.41, 5.74) is 5.64. The normalized spacial score (nSPS) is 12.1. The number of alkyl halides is 1. The van der Waals surface area contributed by atoms with E-state index < -0.39 is 5.91 Å². The zero-order chi connectivity index (χ0) is 12.0. The first kappa shape index (κ1) is 13.0. The minimum atomic E-state index is -0.418. The topological polar surface area (TPSA) is 52.3 Å². The molecule has 0 saturated carbocycles. The molecular formula is C12H16BrNO2. The average Bonchev–Trinajstić information content (AvgIpc) is 2.31. The predicted molar refractivity (Wildman–Crippen MR) is 68.0 cm³/mol. The van der Waals surface area contributed by atoms with Gasteiger partial charge < -0.3 is 10.5 Å². The van der Waals surface area contributed by atoms with Gasteiger partial charge >= 0.3 is 0 Å². The van der Waals surface area contributed by atoms with Gasteiger partial charge in [-0.1, -0.05) is 22.9 Å². The van der Waals surface area contributed by atoms with E-state index >= 15 is 0 Å². The van der Waals surface area contributed by atoms with Gasteiger partial charge in [0.1, 0.15) is 5.75 Å². The number of halogens is 1. The van der Waals surface area contributed by atoms with Crippen LogP contribution in [0.15, 0.2) is 24.3 Å². The number of primary amides is 1. The van der Waals surface area contributed by atoms with Gasteiger partial charge in [0.05, 0.1) is 6.61 Å². The first-order chi connectivity index (χ1) is 7.67. The van der Waals surface area contributed by atoms with Crippen molar-refractivity contribution in [1.82, 2.24) is 0 Å². The van der Waals surface area contributed by atoms with Crippen LogP contribution in [0.25, 0.3) is 0 Å². The molecule has 2 N–H and O–H groups in total. The van der Waals surface area contributed by atoms with E-state index in [-0.39, 0.29) is 0 Å². The van der Waals surface area contributed by atoms with E-state index in [1.165, 1.54) is 0 Å². The zero-order valence-corrected chi connectivity index (χ0v) is 10.9. The Labute approximate surface area is 104 Å². The lowest BCUT2D eigenvalue weighted by atomic mass is 10.1. The summed E-state index contributed by atoms with van der Waals surface area (Å²) in [4.78, 5) is 10.8. The van der Waals surface area contributed by atoms with E-state index in [1.807, 2.05) is 0 Å². The monoisotopic (exact) mass is 285 g/mol. The standard InChI is InChI=1S/C12H16BrNO2/c1-2-9(7-13)8-16-11-5-3-10(4-6-11)12(14)15/h3-6,9H,2,7-8H2,1H3,(H2,14,15). The molecule has 0 fully saturated rings. The summed E-state index contributed by atoms with van der Waals surface area (Å²) in [6, 6.07) is 6.88. The molecule has 1 amide bonds. The highest BCUT2D eigenvalue weighted by molar-refractivity contribution is 9.09. The molecule has 1 atom stereocenters. The minimum absolute atomic E-state index is 0.418. The molecule has 0 saturated heterocycles. The Balaban J connectivity index is 2.52. The molecule has 0 heterocycles. The van der Waals surface area contributed by atoms with Crippen molar-refractivity contribution < 1.29 is 9.53 Å². The quantitative estimate of drug-likeness (QED) is 0.817. The highest BCUT2D eigenvalue weighted by Gasteiger charge is 2.05. The van der Waals surface area contributed by atoms with Crippen molar-refractivity contribution in [2.75, 3.05) is 11.9 Å². The highest BCUT2D eigenvalue weighted by atomic mass is 79.9. The SMILES string of the molecule is CCC(CBr)COc1ccc(C(N)=O)cc1. The van der Waals surface area contributed by atoms with Gasteiger partial charge in [-0.05, 0) is 30.7 Å². The van der Waals surface area contributed by atoms with E-state index in [0.29, 0.717) is 18.1 Å². The van der Waals surface area contributed by atoms with E-state index in [0.717, 1.165) is 17.5 Å². The van der Waals surface area contributed by atoms with Crippen LogP contribution in [0.5, 0.6) is 5.75 Å². The molecule has 1 aromatic carbocycles. The summed E-state index contributed by atoms with van der Waals surface area (Å²) in [6.45, 7) is 2.81. The first-order valence-electron chi connectivity index (χ1n) is 5.26. The number of nitrogens with two attached hydrogens (primary N) is 1. The molecule has 0 aliphatic rings. The Morgan fingerprint density at radius 1 is 1.44 bits per heavy atom. The van der Waals surface area contributed by atoms with Crippen LogP contribution in [-0.2, 0) is 0 Å². The Bertz CT molecular complexity index is 333. The van der Waals surface area contributed by atoms with Gasteiger partial charge in [0, 0.05) is 16.8 Å². The number of benzene rings is 1. The van der Waals surface area contributed by atoms with Crippen LogP contribution >= 0.6 is 15.9 Å². The number of amides is 1. The van der Waals surface area contributed by atoms with Gasteiger partial charge in [-0.3, -0.25) is 4.79 Å². The van der Waals surface area contributed by atoms with Gasteiger partial charge in [0.25, 0.3) is 0 Å². The van der Waals surface area contributed by atoms with Gasteiger partial charge in [-0.2, -0.15) is 0 Å². The molecule has 0 aliphatic carbocycles. The number of hydrogen-bond acceptors (Lipinski definition) is 2. The van der Waals surface area contributed by atoms with Crippen LogP contribution in [0.2, 0.25) is 0 Å². The maximum absolute atomic E-state index is 10.8. The zero-order valence-electron chi connectivity index (χ0n) is 9.28. The van der Waals surface area contributed by atoms with Crippen molar-refractivity contribution in [2.24, 2.45) is 11.7 Å². The second kappa shape index (κ2) is 6.53. The number of hydrogen-bond donors (Lipinski definition) is 1. The lowest BCUT2D eigenvalue weighted by Crippen LogP contribution is -2.13. The molecule has 16 heavy (non-hydrogen) atoms. The molecule has 1 aromatic rings. The van der Waals surface area contributed by atoms with Crippen molar-refractivity contribution in [3.05, 3.63) is 29.8 Å². The fourth-order valence-corrected chi connectivity index (χ4v) is 1.85. The summed E-state index contributed by atoms with van der Waals surface area (Å²) < 4.78 is 5.60. The van der Waals surface area contributed by atoms with Gasteiger partial charge in [-0.15, -0.1) is 0 Å². The molecule has 0 aliphatic heterocycles. The van der Waals surface area contributed by atoms with Crippen molar-refractivity contribution in [1.29, 1.82) is 0 Å². The van der Waals surface area contributed by atoms with E-state index in [2.05, 4.69) is 22.9 Å². The Hall–Kier alpha value is -1.03. The minimum Gasteiger partial charge on any atom is -0.493 e. The second-order valence-electron chi connectivity index (χ2n) is 3.63. The van der Waals surface area contributed by atoms with E-state index in [4.69, 9.17) is 10.5 Å². The third-order valence-electron chi connectivity index (χ3n) is 2.42.